The normalized spacial score (nSPS) is 20.5. The van der Waals surface area contributed by atoms with Crippen LogP contribution in [0.2, 0.25) is 0 Å². The Morgan fingerprint density at radius 2 is 2.14 bits per heavy atom. The first kappa shape index (κ1) is 15.9. The minimum Gasteiger partial charge on any atom is -0.389 e. The average molecular weight is 323 g/mol. The van der Waals surface area contributed by atoms with E-state index in [1.807, 2.05) is 17.3 Å². The van der Waals surface area contributed by atoms with Crippen LogP contribution in [0.15, 0.2) is 5.38 Å². The minimum atomic E-state index is -0.521. The lowest BCUT2D eigenvalue weighted by molar-refractivity contribution is -0.116. The van der Waals surface area contributed by atoms with Crippen molar-refractivity contribution in [2.24, 2.45) is 0 Å². The molecule has 0 bridgehead atoms. The van der Waals surface area contributed by atoms with Crippen molar-refractivity contribution in [3.63, 3.8) is 0 Å². The summed E-state index contributed by atoms with van der Waals surface area (Å²) in [5, 5.41) is 13.3. The zero-order valence-electron chi connectivity index (χ0n) is 13.4. The van der Waals surface area contributed by atoms with Crippen molar-refractivity contribution in [2.45, 2.75) is 63.6 Å². The number of nitrogens with zero attached hydrogens (tertiary/aromatic N) is 3. The van der Waals surface area contributed by atoms with Crippen LogP contribution in [0.5, 0.6) is 0 Å². The first-order valence-corrected chi connectivity index (χ1v) is 9.00. The summed E-state index contributed by atoms with van der Waals surface area (Å²) in [6.45, 7) is 3.02. The van der Waals surface area contributed by atoms with Crippen LogP contribution in [-0.2, 0) is 11.3 Å². The summed E-state index contributed by atoms with van der Waals surface area (Å²) in [6.07, 6.45) is 6.22. The summed E-state index contributed by atoms with van der Waals surface area (Å²) in [7, 11) is 2.03. The summed E-state index contributed by atoms with van der Waals surface area (Å²) >= 11 is 1.54. The van der Waals surface area contributed by atoms with E-state index in [1.165, 1.54) is 0 Å². The molecule has 0 aliphatic heterocycles. The standard InChI is InChI=1S/C16H25N3O2S/c1-12(20)19(14-5-6-14)15-17-13(10-22-15)9-18(2)11-16(21)7-3-4-8-16/h10,14,21H,3-9,11H2,1-2H3. The van der Waals surface area contributed by atoms with Gasteiger partial charge in [0.2, 0.25) is 5.91 Å². The van der Waals surface area contributed by atoms with Crippen LogP contribution in [0.3, 0.4) is 0 Å². The summed E-state index contributed by atoms with van der Waals surface area (Å²) in [6, 6.07) is 0.355. The molecule has 0 atom stereocenters. The molecular weight excluding hydrogens is 298 g/mol. The van der Waals surface area contributed by atoms with Gasteiger partial charge in [-0.3, -0.25) is 14.6 Å². The monoisotopic (exact) mass is 323 g/mol. The number of rotatable bonds is 6. The Morgan fingerprint density at radius 3 is 2.73 bits per heavy atom. The Labute approximate surface area is 135 Å². The van der Waals surface area contributed by atoms with Crippen molar-refractivity contribution < 1.29 is 9.90 Å². The molecule has 5 nitrogen and oxygen atoms in total. The zero-order valence-corrected chi connectivity index (χ0v) is 14.2. The summed E-state index contributed by atoms with van der Waals surface area (Å²) in [5.74, 6) is 0.0806. The lowest BCUT2D eigenvalue weighted by atomic mass is 10.0. The molecule has 0 aromatic carbocycles. The largest absolute Gasteiger partial charge is 0.389 e. The number of carbonyl (C=O) groups is 1. The second-order valence-corrected chi connectivity index (χ2v) is 7.68. The van der Waals surface area contributed by atoms with E-state index in [9.17, 15) is 9.90 Å². The van der Waals surface area contributed by atoms with Gasteiger partial charge in [-0.15, -0.1) is 11.3 Å². The van der Waals surface area contributed by atoms with Gasteiger partial charge in [-0.05, 0) is 32.7 Å². The van der Waals surface area contributed by atoms with E-state index in [4.69, 9.17) is 0 Å². The van der Waals surface area contributed by atoms with Crippen molar-refractivity contribution in [2.75, 3.05) is 18.5 Å². The maximum atomic E-state index is 11.8. The first-order valence-electron chi connectivity index (χ1n) is 8.12. The van der Waals surface area contributed by atoms with Crippen LogP contribution in [0.1, 0.15) is 51.1 Å². The van der Waals surface area contributed by atoms with E-state index < -0.39 is 5.60 Å². The lowest BCUT2D eigenvalue weighted by Crippen LogP contribution is -2.38. The molecule has 1 amide bonds. The van der Waals surface area contributed by atoms with Gasteiger partial charge in [0.1, 0.15) is 0 Å². The molecular formula is C16H25N3O2S. The number of hydrogen-bond donors (Lipinski definition) is 1. The molecule has 0 radical (unpaired) electrons. The third-order valence-electron chi connectivity index (χ3n) is 4.53. The van der Waals surface area contributed by atoms with Gasteiger partial charge in [0.25, 0.3) is 0 Å². The number of thiazole rings is 1. The predicted molar refractivity (Wildman–Crippen MR) is 88.0 cm³/mol. The van der Waals surface area contributed by atoms with E-state index in [0.29, 0.717) is 12.6 Å². The van der Waals surface area contributed by atoms with Crippen molar-refractivity contribution in [3.05, 3.63) is 11.1 Å². The molecule has 2 aliphatic rings. The van der Waals surface area contributed by atoms with Gasteiger partial charge >= 0.3 is 0 Å². The van der Waals surface area contributed by atoms with E-state index in [0.717, 1.165) is 55.9 Å². The quantitative estimate of drug-likeness (QED) is 0.873. The predicted octanol–water partition coefficient (Wildman–Crippen LogP) is 2.40. The number of aliphatic hydroxyl groups is 1. The Hall–Kier alpha value is -0.980. The highest BCUT2D eigenvalue weighted by Gasteiger charge is 2.34. The molecule has 22 heavy (non-hydrogen) atoms. The summed E-state index contributed by atoms with van der Waals surface area (Å²) in [5.41, 5.74) is 0.462. The minimum absolute atomic E-state index is 0.0806. The Morgan fingerprint density at radius 1 is 1.45 bits per heavy atom. The Balaban J connectivity index is 1.60. The fourth-order valence-electron chi connectivity index (χ4n) is 3.39. The average Bonchev–Trinajstić information content (AvgIpc) is 3.00. The summed E-state index contributed by atoms with van der Waals surface area (Å²) < 4.78 is 0. The molecule has 1 N–H and O–H groups in total. The van der Waals surface area contributed by atoms with Gasteiger partial charge in [-0.2, -0.15) is 0 Å². The van der Waals surface area contributed by atoms with Crippen molar-refractivity contribution >= 4 is 22.4 Å². The molecule has 1 heterocycles. The second-order valence-electron chi connectivity index (χ2n) is 6.85. The third kappa shape index (κ3) is 3.67. The van der Waals surface area contributed by atoms with Crippen LogP contribution in [-0.4, -0.2) is 46.1 Å². The zero-order chi connectivity index (χ0) is 15.7. The van der Waals surface area contributed by atoms with Crippen molar-refractivity contribution in [1.82, 2.24) is 9.88 Å². The van der Waals surface area contributed by atoms with Gasteiger partial charge in [-0.1, -0.05) is 12.8 Å². The molecule has 0 saturated heterocycles. The van der Waals surface area contributed by atoms with Crippen LogP contribution in [0.4, 0.5) is 5.13 Å². The SMILES string of the molecule is CC(=O)N(c1nc(CN(C)CC2(O)CCCC2)cs1)C1CC1. The highest BCUT2D eigenvalue weighted by Crippen LogP contribution is 2.34. The number of hydrogen-bond acceptors (Lipinski definition) is 5. The van der Waals surface area contributed by atoms with E-state index >= 15 is 0 Å². The molecule has 0 unspecified atom stereocenters. The van der Waals surface area contributed by atoms with E-state index in [2.05, 4.69) is 9.88 Å². The molecule has 1 aromatic heterocycles. The number of carbonyl (C=O) groups excluding carboxylic acids is 1. The van der Waals surface area contributed by atoms with Gasteiger partial charge in [0, 0.05) is 31.4 Å². The molecule has 1 aromatic rings. The smallest absolute Gasteiger partial charge is 0.225 e. The molecule has 0 spiro atoms. The molecule has 3 rings (SSSR count). The van der Waals surface area contributed by atoms with Gasteiger partial charge < -0.3 is 5.11 Å². The fraction of sp³-hybridized carbons (Fsp3) is 0.750. The Bertz CT molecular complexity index is 535. The molecule has 6 heteroatoms. The van der Waals surface area contributed by atoms with E-state index in [-0.39, 0.29) is 5.91 Å². The molecule has 122 valence electrons. The van der Waals surface area contributed by atoms with Crippen LogP contribution in [0, 0.1) is 0 Å². The maximum Gasteiger partial charge on any atom is 0.225 e. The van der Waals surface area contributed by atoms with Crippen molar-refractivity contribution in [1.29, 1.82) is 0 Å². The highest BCUT2D eigenvalue weighted by atomic mass is 32.1. The second kappa shape index (κ2) is 6.26. The van der Waals surface area contributed by atoms with Gasteiger partial charge in [-0.25, -0.2) is 4.98 Å². The third-order valence-corrected chi connectivity index (χ3v) is 5.42. The maximum absolute atomic E-state index is 11.8. The molecule has 2 fully saturated rings. The van der Waals surface area contributed by atoms with Gasteiger partial charge in [0.05, 0.1) is 11.3 Å². The first-order chi connectivity index (χ1) is 10.5. The number of amides is 1. The highest BCUT2D eigenvalue weighted by molar-refractivity contribution is 7.14. The topological polar surface area (TPSA) is 56.7 Å². The van der Waals surface area contributed by atoms with Crippen LogP contribution in [0.25, 0.3) is 0 Å². The lowest BCUT2D eigenvalue weighted by Gasteiger charge is -2.28. The number of aromatic nitrogens is 1. The van der Waals surface area contributed by atoms with Crippen LogP contribution < -0.4 is 4.90 Å². The van der Waals surface area contributed by atoms with E-state index in [1.54, 1.807) is 18.3 Å². The number of likely N-dealkylation sites (N-methyl/N-ethyl adjacent to an activating group) is 1. The number of anilines is 1. The fourth-order valence-corrected chi connectivity index (χ4v) is 4.32. The van der Waals surface area contributed by atoms with Crippen LogP contribution >= 0.6 is 11.3 Å². The Kier molecular flexibility index (Phi) is 4.52. The molecule has 2 saturated carbocycles. The van der Waals surface area contributed by atoms with Crippen molar-refractivity contribution in [3.8, 4) is 0 Å². The molecule has 2 aliphatic carbocycles. The summed E-state index contributed by atoms with van der Waals surface area (Å²) in [4.78, 5) is 20.4. The van der Waals surface area contributed by atoms with Gasteiger partial charge in [0.15, 0.2) is 5.13 Å².